The third-order valence-electron chi connectivity index (χ3n) is 5.55. The summed E-state index contributed by atoms with van der Waals surface area (Å²) in [6.07, 6.45) is 8.66. The first kappa shape index (κ1) is 16.7. The highest BCUT2D eigenvalue weighted by Crippen LogP contribution is 2.30. The van der Waals surface area contributed by atoms with Crippen LogP contribution in [-0.2, 0) is 4.74 Å². The van der Waals surface area contributed by atoms with E-state index in [2.05, 4.69) is 41.1 Å². The smallest absolute Gasteiger partial charge is 0.0888 e. The number of hydrogen-bond donors (Lipinski definition) is 0. The van der Waals surface area contributed by atoms with E-state index in [0.29, 0.717) is 12.0 Å². The molecule has 0 bridgehead atoms. The first-order valence-corrected chi connectivity index (χ1v) is 9.50. The van der Waals surface area contributed by atoms with Crippen LogP contribution < -0.4 is 0 Å². The lowest BCUT2D eigenvalue weighted by atomic mass is 9.92. The van der Waals surface area contributed by atoms with Crippen LogP contribution in [0.2, 0.25) is 0 Å². The van der Waals surface area contributed by atoms with Crippen molar-refractivity contribution in [2.75, 3.05) is 26.3 Å². The van der Waals surface area contributed by atoms with Crippen LogP contribution >= 0.6 is 0 Å². The van der Waals surface area contributed by atoms with E-state index in [0.717, 1.165) is 36.7 Å². The number of piperidine rings is 1. The molecule has 2 saturated heterocycles. The van der Waals surface area contributed by atoms with Crippen molar-refractivity contribution in [3.05, 3.63) is 47.9 Å². The molecule has 4 nitrogen and oxygen atoms in total. The number of likely N-dealkylation sites (tertiary alicyclic amines) is 1. The summed E-state index contributed by atoms with van der Waals surface area (Å²) in [5.41, 5.74) is 4.56. The van der Waals surface area contributed by atoms with Crippen molar-refractivity contribution in [2.24, 2.45) is 0 Å². The second-order valence-corrected chi connectivity index (χ2v) is 7.38. The molecule has 0 aliphatic carbocycles. The normalized spacial score (nSPS) is 22.8. The quantitative estimate of drug-likeness (QED) is 0.854. The Kier molecular flexibility index (Phi) is 5.09. The molecular weight excluding hydrogens is 310 g/mol. The van der Waals surface area contributed by atoms with Crippen molar-refractivity contribution >= 4 is 0 Å². The molecule has 0 radical (unpaired) electrons. The maximum absolute atomic E-state index is 5.53. The van der Waals surface area contributed by atoms with E-state index in [1.165, 1.54) is 37.8 Å². The highest BCUT2D eigenvalue weighted by atomic mass is 16.5. The summed E-state index contributed by atoms with van der Waals surface area (Å²) in [6, 6.07) is 9.20. The molecule has 4 rings (SSSR count). The Bertz CT molecular complexity index is 712. The first-order valence-electron chi connectivity index (χ1n) is 9.50. The molecule has 0 amide bonds. The number of aromatic nitrogens is 2. The van der Waals surface area contributed by atoms with Crippen LogP contribution in [0.1, 0.15) is 42.9 Å². The molecule has 2 aliphatic rings. The zero-order chi connectivity index (χ0) is 17.1. The van der Waals surface area contributed by atoms with Crippen molar-refractivity contribution in [1.82, 2.24) is 14.9 Å². The maximum atomic E-state index is 5.53. The van der Waals surface area contributed by atoms with Gasteiger partial charge in [0.05, 0.1) is 17.6 Å². The molecule has 25 heavy (non-hydrogen) atoms. The Labute approximate surface area is 150 Å². The van der Waals surface area contributed by atoms with Gasteiger partial charge in [-0.15, -0.1) is 0 Å². The second kappa shape index (κ2) is 7.63. The zero-order valence-corrected chi connectivity index (χ0v) is 15.0. The van der Waals surface area contributed by atoms with Crippen LogP contribution in [0.15, 0.2) is 36.7 Å². The van der Waals surface area contributed by atoms with Gasteiger partial charge in [0, 0.05) is 43.5 Å². The van der Waals surface area contributed by atoms with E-state index in [1.54, 1.807) is 0 Å². The number of nitrogens with zero attached hydrogens (tertiary/aromatic N) is 3. The van der Waals surface area contributed by atoms with Gasteiger partial charge in [0.2, 0.25) is 0 Å². The number of rotatable bonds is 3. The molecule has 1 aromatic heterocycles. The van der Waals surface area contributed by atoms with Crippen LogP contribution in [0.5, 0.6) is 0 Å². The van der Waals surface area contributed by atoms with E-state index < -0.39 is 0 Å². The number of benzene rings is 1. The minimum Gasteiger partial charge on any atom is -0.381 e. The van der Waals surface area contributed by atoms with Gasteiger partial charge in [-0.2, -0.15) is 0 Å². The topological polar surface area (TPSA) is 38.2 Å². The van der Waals surface area contributed by atoms with Crippen LogP contribution in [0.4, 0.5) is 0 Å². The molecule has 0 N–H and O–H groups in total. The summed E-state index contributed by atoms with van der Waals surface area (Å²) < 4.78 is 5.53. The van der Waals surface area contributed by atoms with Gasteiger partial charge in [0.15, 0.2) is 0 Å². The first-order chi connectivity index (χ1) is 12.3. The van der Waals surface area contributed by atoms with E-state index in [-0.39, 0.29) is 0 Å². The van der Waals surface area contributed by atoms with Gasteiger partial charge in [-0.25, -0.2) is 4.98 Å². The Morgan fingerprint density at radius 3 is 2.84 bits per heavy atom. The Balaban J connectivity index is 1.52. The third-order valence-corrected chi connectivity index (χ3v) is 5.55. The van der Waals surface area contributed by atoms with Crippen LogP contribution in [0.3, 0.4) is 0 Å². The van der Waals surface area contributed by atoms with E-state index in [9.17, 15) is 0 Å². The minimum absolute atomic E-state index is 0.494. The molecular formula is C21H27N3O. The van der Waals surface area contributed by atoms with Crippen LogP contribution in [0.25, 0.3) is 11.3 Å². The van der Waals surface area contributed by atoms with Gasteiger partial charge in [-0.1, -0.05) is 23.8 Å². The molecule has 0 saturated carbocycles. The Morgan fingerprint density at radius 1 is 1.12 bits per heavy atom. The molecule has 2 aliphatic heterocycles. The lowest BCUT2D eigenvalue weighted by molar-refractivity contribution is 0.0237. The molecule has 2 aromatic rings. The van der Waals surface area contributed by atoms with Crippen molar-refractivity contribution in [3.63, 3.8) is 0 Å². The summed E-state index contributed by atoms with van der Waals surface area (Å²) in [4.78, 5) is 12.1. The van der Waals surface area contributed by atoms with Crippen LogP contribution in [0, 0.1) is 6.92 Å². The molecule has 1 atom stereocenters. The van der Waals surface area contributed by atoms with Crippen molar-refractivity contribution < 1.29 is 4.74 Å². The predicted octanol–water partition coefficient (Wildman–Crippen LogP) is 3.81. The van der Waals surface area contributed by atoms with Gasteiger partial charge in [-0.05, 0) is 45.2 Å². The maximum Gasteiger partial charge on any atom is 0.0888 e. The van der Waals surface area contributed by atoms with Gasteiger partial charge in [0.25, 0.3) is 0 Å². The van der Waals surface area contributed by atoms with Gasteiger partial charge < -0.3 is 4.74 Å². The number of ether oxygens (including phenoxy) is 1. The van der Waals surface area contributed by atoms with Crippen LogP contribution in [-0.4, -0.2) is 47.2 Å². The summed E-state index contributed by atoms with van der Waals surface area (Å²) in [6.45, 7) is 6.26. The lowest BCUT2D eigenvalue weighted by Crippen LogP contribution is -2.44. The average molecular weight is 337 g/mol. The SMILES string of the molecule is Cc1cccc(-c2cncc(C3CCCN(C4CCOCC4)C3)n2)c1. The Hall–Kier alpha value is -1.78. The minimum atomic E-state index is 0.494. The van der Waals surface area contributed by atoms with E-state index in [1.807, 2.05) is 12.4 Å². The van der Waals surface area contributed by atoms with E-state index in [4.69, 9.17) is 9.72 Å². The summed E-state index contributed by atoms with van der Waals surface area (Å²) >= 11 is 0. The van der Waals surface area contributed by atoms with Crippen molar-refractivity contribution in [3.8, 4) is 11.3 Å². The molecule has 2 fully saturated rings. The fraction of sp³-hybridized carbons (Fsp3) is 0.524. The standard InChI is InChI=1S/C21H27N3O/c1-16-4-2-5-17(12-16)20-13-22-14-21(23-20)18-6-3-9-24(15-18)19-7-10-25-11-8-19/h2,4-5,12-14,18-19H,3,6-11,15H2,1H3. The zero-order valence-electron chi connectivity index (χ0n) is 15.0. The highest BCUT2D eigenvalue weighted by molar-refractivity contribution is 5.59. The average Bonchev–Trinajstić information content (AvgIpc) is 2.69. The summed E-state index contributed by atoms with van der Waals surface area (Å²) in [5, 5.41) is 0. The van der Waals surface area contributed by atoms with Gasteiger partial charge in [-0.3, -0.25) is 9.88 Å². The molecule has 1 aromatic carbocycles. The second-order valence-electron chi connectivity index (χ2n) is 7.38. The number of hydrogen-bond acceptors (Lipinski definition) is 4. The monoisotopic (exact) mass is 337 g/mol. The number of aryl methyl sites for hydroxylation is 1. The van der Waals surface area contributed by atoms with Crippen molar-refractivity contribution in [2.45, 2.75) is 44.6 Å². The lowest BCUT2D eigenvalue weighted by Gasteiger charge is -2.39. The largest absolute Gasteiger partial charge is 0.381 e. The highest BCUT2D eigenvalue weighted by Gasteiger charge is 2.28. The molecule has 0 spiro atoms. The molecule has 1 unspecified atom stereocenters. The van der Waals surface area contributed by atoms with Crippen molar-refractivity contribution in [1.29, 1.82) is 0 Å². The predicted molar refractivity (Wildman–Crippen MR) is 99.6 cm³/mol. The van der Waals surface area contributed by atoms with Gasteiger partial charge in [0.1, 0.15) is 0 Å². The third kappa shape index (κ3) is 3.91. The van der Waals surface area contributed by atoms with E-state index >= 15 is 0 Å². The fourth-order valence-corrected chi connectivity index (χ4v) is 4.15. The molecule has 4 heteroatoms. The Morgan fingerprint density at radius 2 is 2.00 bits per heavy atom. The fourth-order valence-electron chi connectivity index (χ4n) is 4.15. The summed E-state index contributed by atoms with van der Waals surface area (Å²) in [5.74, 6) is 0.494. The molecule has 132 valence electrons. The van der Waals surface area contributed by atoms with Gasteiger partial charge >= 0.3 is 0 Å². The summed E-state index contributed by atoms with van der Waals surface area (Å²) in [7, 11) is 0. The molecule has 3 heterocycles.